The number of hydrogen-bond donors (Lipinski definition) is 1. The third-order valence-corrected chi connectivity index (χ3v) is 6.38. The van der Waals surface area contributed by atoms with Crippen LogP contribution in [0.1, 0.15) is 55.5 Å². The van der Waals surface area contributed by atoms with E-state index in [1.807, 2.05) is 0 Å². The number of fused-ring (bicyclic) bond motifs is 2. The van der Waals surface area contributed by atoms with Gasteiger partial charge in [0.1, 0.15) is 0 Å². The number of hydrogen-bond acceptors (Lipinski definition) is 2. The van der Waals surface area contributed by atoms with Crippen molar-refractivity contribution in [1.29, 1.82) is 0 Å². The van der Waals surface area contributed by atoms with Gasteiger partial charge in [0, 0.05) is 41.7 Å². The minimum Gasteiger partial charge on any atom is -0.381 e. The molecule has 0 aliphatic carbocycles. The van der Waals surface area contributed by atoms with Gasteiger partial charge in [-0.05, 0) is 47.9 Å². The highest BCUT2D eigenvalue weighted by Gasteiger charge is 2.30. The Morgan fingerprint density at radius 3 is 2.63 bits per heavy atom. The highest BCUT2D eigenvalue weighted by molar-refractivity contribution is 5.72. The quantitative estimate of drug-likeness (QED) is 0.663. The topological polar surface area (TPSA) is 15.3 Å². The summed E-state index contributed by atoms with van der Waals surface area (Å²) >= 11 is 0. The van der Waals surface area contributed by atoms with Gasteiger partial charge in [-0.15, -0.1) is 0 Å². The van der Waals surface area contributed by atoms with Crippen LogP contribution in [0.15, 0.2) is 67.3 Å². The first kappa shape index (κ1) is 20.5. The van der Waals surface area contributed by atoms with Gasteiger partial charge in [-0.3, -0.25) is 0 Å². The number of nitrogens with one attached hydrogen (secondary N) is 1. The minimum atomic E-state index is 0.187. The van der Waals surface area contributed by atoms with Crippen LogP contribution in [-0.4, -0.2) is 17.5 Å². The second-order valence-electron chi connectivity index (χ2n) is 9.94. The van der Waals surface area contributed by atoms with Gasteiger partial charge >= 0.3 is 0 Å². The summed E-state index contributed by atoms with van der Waals surface area (Å²) in [6.07, 6.45) is 4.31. The van der Waals surface area contributed by atoms with Gasteiger partial charge in [0.25, 0.3) is 0 Å². The molecular weight excluding hydrogens is 364 g/mol. The van der Waals surface area contributed by atoms with Crippen LogP contribution in [0.5, 0.6) is 0 Å². The van der Waals surface area contributed by atoms with Gasteiger partial charge < -0.3 is 10.2 Å². The molecule has 0 aromatic heterocycles. The van der Waals surface area contributed by atoms with Gasteiger partial charge in [0.2, 0.25) is 0 Å². The van der Waals surface area contributed by atoms with Crippen LogP contribution in [0, 0.1) is 5.41 Å². The van der Waals surface area contributed by atoms with Gasteiger partial charge in [0.15, 0.2) is 0 Å². The Kier molecular flexibility index (Phi) is 5.36. The minimum absolute atomic E-state index is 0.187. The second-order valence-corrected chi connectivity index (χ2v) is 9.94. The normalized spacial score (nSPS) is 19.9. The molecule has 1 N–H and O–H groups in total. The summed E-state index contributed by atoms with van der Waals surface area (Å²) in [5, 5.41) is 3.78. The zero-order chi connectivity index (χ0) is 21.5. The van der Waals surface area contributed by atoms with Gasteiger partial charge in [-0.1, -0.05) is 82.0 Å². The fourth-order valence-electron chi connectivity index (χ4n) is 4.58. The molecule has 2 aromatic carbocycles. The van der Waals surface area contributed by atoms with Gasteiger partial charge in [-0.25, -0.2) is 0 Å². The Morgan fingerprint density at radius 2 is 1.90 bits per heavy atom. The molecule has 2 heterocycles. The molecule has 2 aromatic rings. The molecule has 30 heavy (non-hydrogen) atoms. The Bertz CT molecular complexity index is 1020. The predicted octanol–water partition coefficient (Wildman–Crippen LogP) is 6.19. The summed E-state index contributed by atoms with van der Waals surface area (Å²) in [6.45, 7) is 19.4. The standard InChI is InChI=1S/C28H34N2/c1-19(2)15-26-25-12-11-21(16-23(25)17-27(29-26)28(4,5)6)18-30-14-13-22-9-7-8-10-24(22)20(30)3/h7-12,15-16,27,29H,1,3,13-14,17-18H2,2,4-6H3/b26-15-. The molecule has 2 nitrogen and oxygen atoms in total. The van der Waals surface area contributed by atoms with E-state index in [9.17, 15) is 0 Å². The second kappa shape index (κ2) is 7.83. The first-order chi connectivity index (χ1) is 14.2. The smallest absolute Gasteiger partial charge is 0.0429 e. The molecule has 1 unspecified atom stereocenters. The summed E-state index contributed by atoms with van der Waals surface area (Å²) in [7, 11) is 0. The van der Waals surface area contributed by atoms with E-state index in [2.05, 4.69) is 99.6 Å². The maximum atomic E-state index is 4.41. The third kappa shape index (κ3) is 4.09. The van der Waals surface area contributed by atoms with Crippen molar-refractivity contribution in [2.45, 2.75) is 53.1 Å². The van der Waals surface area contributed by atoms with Crippen molar-refractivity contribution >= 4 is 11.4 Å². The maximum Gasteiger partial charge on any atom is 0.0429 e. The zero-order valence-corrected chi connectivity index (χ0v) is 18.9. The monoisotopic (exact) mass is 398 g/mol. The van der Waals surface area contributed by atoms with Crippen LogP contribution in [0.3, 0.4) is 0 Å². The summed E-state index contributed by atoms with van der Waals surface area (Å²) in [6, 6.07) is 16.0. The maximum absolute atomic E-state index is 4.41. The van der Waals surface area contributed by atoms with Crippen molar-refractivity contribution in [3.05, 3.63) is 95.1 Å². The van der Waals surface area contributed by atoms with Crippen molar-refractivity contribution in [1.82, 2.24) is 10.2 Å². The molecule has 0 saturated carbocycles. The molecule has 4 rings (SSSR count). The van der Waals surface area contributed by atoms with E-state index in [1.165, 1.54) is 33.5 Å². The van der Waals surface area contributed by atoms with Crippen LogP contribution < -0.4 is 5.32 Å². The highest BCUT2D eigenvalue weighted by atomic mass is 15.1. The van der Waals surface area contributed by atoms with E-state index in [0.717, 1.165) is 37.2 Å². The number of rotatable bonds is 3. The molecule has 0 fully saturated rings. The number of nitrogens with zero attached hydrogens (tertiary/aromatic N) is 1. The van der Waals surface area contributed by atoms with Crippen LogP contribution in [0.2, 0.25) is 0 Å². The van der Waals surface area contributed by atoms with Crippen molar-refractivity contribution < 1.29 is 0 Å². The van der Waals surface area contributed by atoms with E-state index >= 15 is 0 Å². The van der Waals surface area contributed by atoms with Crippen LogP contribution >= 0.6 is 0 Å². The van der Waals surface area contributed by atoms with Crippen molar-refractivity contribution in [2.75, 3.05) is 6.54 Å². The average Bonchev–Trinajstić information content (AvgIpc) is 2.69. The largest absolute Gasteiger partial charge is 0.381 e. The molecule has 2 aliphatic rings. The van der Waals surface area contributed by atoms with Crippen molar-refractivity contribution in [3.8, 4) is 0 Å². The summed E-state index contributed by atoms with van der Waals surface area (Å²) in [5.74, 6) is 0. The molecule has 0 amide bonds. The highest BCUT2D eigenvalue weighted by Crippen LogP contribution is 2.34. The van der Waals surface area contributed by atoms with E-state index in [0.29, 0.717) is 6.04 Å². The van der Waals surface area contributed by atoms with Crippen LogP contribution in [0.4, 0.5) is 0 Å². The van der Waals surface area contributed by atoms with E-state index in [1.54, 1.807) is 0 Å². The van der Waals surface area contributed by atoms with Gasteiger partial charge in [-0.2, -0.15) is 0 Å². The number of benzene rings is 2. The molecule has 2 heteroatoms. The summed E-state index contributed by atoms with van der Waals surface area (Å²) in [4.78, 5) is 2.43. The van der Waals surface area contributed by atoms with Crippen molar-refractivity contribution in [2.24, 2.45) is 5.41 Å². The summed E-state index contributed by atoms with van der Waals surface area (Å²) < 4.78 is 0. The molecule has 0 saturated heterocycles. The first-order valence-corrected chi connectivity index (χ1v) is 11.0. The number of allylic oxidation sites excluding steroid dienone is 2. The Morgan fingerprint density at radius 1 is 1.13 bits per heavy atom. The van der Waals surface area contributed by atoms with E-state index in [-0.39, 0.29) is 5.41 Å². The lowest BCUT2D eigenvalue weighted by Gasteiger charge is -2.38. The fourth-order valence-corrected chi connectivity index (χ4v) is 4.58. The predicted molar refractivity (Wildman–Crippen MR) is 129 cm³/mol. The molecule has 0 spiro atoms. The molecular formula is C28H34N2. The molecule has 0 bridgehead atoms. The Hall–Kier alpha value is -2.74. The average molecular weight is 399 g/mol. The Balaban J connectivity index is 1.62. The van der Waals surface area contributed by atoms with Gasteiger partial charge in [0.05, 0.1) is 0 Å². The van der Waals surface area contributed by atoms with Crippen LogP contribution in [0.25, 0.3) is 11.4 Å². The van der Waals surface area contributed by atoms with E-state index < -0.39 is 0 Å². The van der Waals surface area contributed by atoms with Crippen LogP contribution in [-0.2, 0) is 19.4 Å². The summed E-state index contributed by atoms with van der Waals surface area (Å²) in [5.41, 5.74) is 10.4. The molecule has 2 aliphatic heterocycles. The SMILES string of the molecule is C=C(C)/C=C1\NC(C(C)(C)C)Cc2cc(CN3CCc4ccccc4C3=C)ccc21. The molecule has 1 atom stereocenters. The van der Waals surface area contributed by atoms with Crippen molar-refractivity contribution in [3.63, 3.8) is 0 Å². The fraction of sp³-hybridized carbons (Fsp3) is 0.357. The molecule has 156 valence electrons. The van der Waals surface area contributed by atoms with E-state index in [4.69, 9.17) is 0 Å². The first-order valence-electron chi connectivity index (χ1n) is 11.0. The lowest BCUT2D eigenvalue weighted by atomic mass is 9.78. The molecule has 0 radical (unpaired) electrons. The third-order valence-electron chi connectivity index (χ3n) is 6.38. The lowest BCUT2D eigenvalue weighted by molar-refractivity contribution is 0.286. The lowest BCUT2D eigenvalue weighted by Crippen LogP contribution is -2.44. The Labute approximate surface area is 182 Å². The zero-order valence-electron chi connectivity index (χ0n) is 18.9.